The number of nitrogens with one attached hydrogen (secondary N) is 1. The molecule has 1 rings (SSSR count). The second kappa shape index (κ2) is 3.23. The van der Waals surface area contributed by atoms with Crippen LogP contribution in [0.25, 0.3) is 0 Å². The fourth-order valence-electron chi connectivity index (χ4n) is 0.882. The van der Waals surface area contributed by atoms with Gasteiger partial charge in [0.15, 0.2) is 0 Å². The molecule has 1 heterocycles. The Hall–Kier alpha value is -1.26. The van der Waals surface area contributed by atoms with Crippen molar-refractivity contribution < 1.29 is 4.52 Å². The zero-order valence-electron chi connectivity index (χ0n) is 6.63. The smallest absolute Gasteiger partial charge is 0.340 e. The number of hydrogen-bond acceptors (Lipinski definition) is 4. The van der Waals surface area contributed by atoms with Crippen molar-refractivity contribution in [1.29, 1.82) is 0 Å². The highest BCUT2D eigenvalue weighted by atomic mass is 16.5. The molecule has 1 N–H and O–H groups in total. The number of aromatic nitrogens is 2. The minimum Gasteiger partial charge on any atom is -0.340 e. The summed E-state index contributed by atoms with van der Waals surface area (Å²) in [6.45, 7) is 5.57. The van der Waals surface area contributed by atoms with Crippen LogP contribution < -0.4 is 10.7 Å². The second-order valence-corrected chi connectivity index (χ2v) is 2.09. The Morgan fingerprint density at radius 1 is 1.55 bits per heavy atom. The van der Waals surface area contributed by atoms with Crippen LogP contribution in [0.1, 0.15) is 13.8 Å². The Labute approximate surface area is 64.0 Å². The summed E-state index contributed by atoms with van der Waals surface area (Å²) in [5.41, 5.74) is 0. The first-order chi connectivity index (χ1) is 5.27. The van der Waals surface area contributed by atoms with Gasteiger partial charge in [-0.15, -0.1) is 0 Å². The molecule has 1 aromatic heterocycles. The first-order valence-corrected chi connectivity index (χ1v) is 3.58. The molecular formula is C6H11N3O2. The maximum Gasteiger partial charge on any atom is 0.440 e. The molecule has 0 bridgehead atoms. The predicted octanol–water partition coefficient (Wildman–Crippen LogP) is 0.209. The standard InChI is InChI=1S/C6H11N3O2/c1-3-9(4-2)5-7-6(10)11-8-5/h3-4H2,1-2H3,(H,7,8,10). The third kappa shape index (κ3) is 1.60. The molecule has 11 heavy (non-hydrogen) atoms. The third-order valence-electron chi connectivity index (χ3n) is 1.49. The number of H-pyrrole nitrogens is 1. The van der Waals surface area contributed by atoms with E-state index in [9.17, 15) is 4.79 Å². The van der Waals surface area contributed by atoms with E-state index in [2.05, 4.69) is 14.7 Å². The molecule has 0 fully saturated rings. The van der Waals surface area contributed by atoms with Crippen LogP contribution in [0.2, 0.25) is 0 Å². The topological polar surface area (TPSA) is 62.1 Å². The largest absolute Gasteiger partial charge is 0.440 e. The zero-order chi connectivity index (χ0) is 8.27. The van der Waals surface area contributed by atoms with Gasteiger partial charge in [0.2, 0.25) is 5.95 Å². The number of hydrogen-bond donors (Lipinski definition) is 1. The van der Waals surface area contributed by atoms with Crippen LogP contribution in [-0.2, 0) is 0 Å². The first-order valence-electron chi connectivity index (χ1n) is 3.58. The third-order valence-corrected chi connectivity index (χ3v) is 1.49. The molecule has 1 aromatic rings. The fourth-order valence-corrected chi connectivity index (χ4v) is 0.882. The van der Waals surface area contributed by atoms with Crippen LogP contribution in [0.15, 0.2) is 9.32 Å². The van der Waals surface area contributed by atoms with E-state index in [0.717, 1.165) is 13.1 Å². The van der Waals surface area contributed by atoms with Gasteiger partial charge in [-0.2, -0.15) is 0 Å². The predicted molar refractivity (Wildman–Crippen MR) is 40.7 cm³/mol. The minimum absolute atomic E-state index is 0.500. The molecule has 0 aliphatic carbocycles. The average molecular weight is 157 g/mol. The van der Waals surface area contributed by atoms with E-state index < -0.39 is 5.76 Å². The van der Waals surface area contributed by atoms with Gasteiger partial charge in [-0.1, -0.05) is 0 Å². The van der Waals surface area contributed by atoms with Gasteiger partial charge in [-0.3, -0.25) is 9.51 Å². The van der Waals surface area contributed by atoms with Crippen molar-refractivity contribution in [2.24, 2.45) is 0 Å². The van der Waals surface area contributed by atoms with Crippen LogP contribution in [0.3, 0.4) is 0 Å². The number of anilines is 1. The van der Waals surface area contributed by atoms with Crippen molar-refractivity contribution in [2.75, 3.05) is 18.0 Å². The summed E-state index contributed by atoms with van der Waals surface area (Å²) in [4.78, 5) is 14.9. The second-order valence-electron chi connectivity index (χ2n) is 2.09. The monoisotopic (exact) mass is 157 g/mol. The summed E-state index contributed by atoms with van der Waals surface area (Å²) in [5.74, 6) is -0.00750. The normalized spacial score (nSPS) is 10.0. The van der Waals surface area contributed by atoms with E-state index in [-0.39, 0.29) is 0 Å². The SMILES string of the molecule is CCN(CC)c1noc(=O)[nH]1. The summed E-state index contributed by atoms with van der Waals surface area (Å²) < 4.78 is 4.35. The highest BCUT2D eigenvalue weighted by molar-refractivity contribution is 5.24. The lowest BCUT2D eigenvalue weighted by Crippen LogP contribution is -2.23. The van der Waals surface area contributed by atoms with Gasteiger partial charge in [0.1, 0.15) is 0 Å². The number of rotatable bonds is 3. The van der Waals surface area contributed by atoms with Crippen LogP contribution in [0, 0.1) is 0 Å². The molecule has 0 amide bonds. The van der Waals surface area contributed by atoms with E-state index >= 15 is 0 Å². The van der Waals surface area contributed by atoms with E-state index in [0.29, 0.717) is 5.95 Å². The molecule has 0 aliphatic rings. The van der Waals surface area contributed by atoms with Gasteiger partial charge in [0.05, 0.1) is 0 Å². The van der Waals surface area contributed by atoms with E-state index in [1.807, 2.05) is 18.7 Å². The van der Waals surface area contributed by atoms with E-state index in [1.54, 1.807) is 0 Å². The zero-order valence-corrected chi connectivity index (χ0v) is 6.63. The average Bonchev–Trinajstić information content (AvgIpc) is 2.39. The molecule has 62 valence electrons. The molecule has 0 saturated heterocycles. The van der Waals surface area contributed by atoms with E-state index in [4.69, 9.17) is 0 Å². The maximum atomic E-state index is 10.5. The molecule has 0 unspecified atom stereocenters. The van der Waals surface area contributed by atoms with Crippen molar-refractivity contribution in [3.05, 3.63) is 10.6 Å². The maximum absolute atomic E-state index is 10.5. The van der Waals surface area contributed by atoms with Gasteiger partial charge in [0.25, 0.3) is 0 Å². The fraction of sp³-hybridized carbons (Fsp3) is 0.667. The highest BCUT2D eigenvalue weighted by Crippen LogP contribution is 2.00. The summed E-state index contributed by atoms with van der Waals surface area (Å²) in [6, 6.07) is 0. The molecule has 0 saturated carbocycles. The van der Waals surface area contributed by atoms with Crippen molar-refractivity contribution in [3.8, 4) is 0 Å². The lowest BCUT2D eigenvalue weighted by molar-refractivity contribution is 0.386. The van der Waals surface area contributed by atoms with Gasteiger partial charge in [-0.05, 0) is 19.0 Å². The van der Waals surface area contributed by atoms with Crippen molar-refractivity contribution in [1.82, 2.24) is 10.1 Å². The van der Waals surface area contributed by atoms with Crippen LogP contribution in [0.4, 0.5) is 5.95 Å². The van der Waals surface area contributed by atoms with Crippen molar-refractivity contribution in [2.45, 2.75) is 13.8 Å². The Morgan fingerprint density at radius 3 is 2.55 bits per heavy atom. The Bertz CT molecular complexity index is 261. The Kier molecular flexibility index (Phi) is 2.30. The van der Waals surface area contributed by atoms with Crippen LogP contribution in [-0.4, -0.2) is 23.2 Å². The van der Waals surface area contributed by atoms with Gasteiger partial charge < -0.3 is 4.90 Å². The summed E-state index contributed by atoms with van der Waals surface area (Å²) in [6.07, 6.45) is 0. The van der Waals surface area contributed by atoms with Gasteiger partial charge in [-0.25, -0.2) is 4.79 Å². The molecule has 0 aromatic carbocycles. The van der Waals surface area contributed by atoms with Crippen LogP contribution in [0.5, 0.6) is 0 Å². The first kappa shape index (κ1) is 7.84. The summed E-state index contributed by atoms with van der Waals surface area (Å²) >= 11 is 0. The number of aromatic amines is 1. The molecular weight excluding hydrogens is 146 g/mol. The Morgan fingerprint density at radius 2 is 2.18 bits per heavy atom. The lowest BCUT2D eigenvalue weighted by atomic mass is 10.5. The minimum atomic E-state index is -0.508. The van der Waals surface area contributed by atoms with Crippen LogP contribution >= 0.6 is 0 Å². The van der Waals surface area contributed by atoms with Crippen molar-refractivity contribution >= 4 is 5.95 Å². The summed E-state index contributed by atoms with van der Waals surface area (Å²) in [5, 5.41) is 3.54. The molecule has 0 aliphatic heterocycles. The van der Waals surface area contributed by atoms with E-state index in [1.165, 1.54) is 0 Å². The lowest BCUT2D eigenvalue weighted by Gasteiger charge is -2.14. The Balaban J connectivity index is 2.81. The molecule has 0 spiro atoms. The summed E-state index contributed by atoms with van der Waals surface area (Å²) in [7, 11) is 0. The van der Waals surface area contributed by atoms with Gasteiger partial charge >= 0.3 is 5.76 Å². The molecule has 0 radical (unpaired) electrons. The van der Waals surface area contributed by atoms with Gasteiger partial charge in [0, 0.05) is 13.1 Å². The quantitative estimate of drug-likeness (QED) is 0.681. The number of nitrogens with zero attached hydrogens (tertiary/aromatic N) is 2. The van der Waals surface area contributed by atoms with Crippen molar-refractivity contribution in [3.63, 3.8) is 0 Å². The highest BCUT2D eigenvalue weighted by Gasteiger charge is 2.05. The molecule has 5 nitrogen and oxygen atoms in total. The molecule has 0 atom stereocenters. The molecule has 5 heteroatoms.